The first-order valence-corrected chi connectivity index (χ1v) is 5.07. The molecule has 1 heterocycles. The summed E-state index contributed by atoms with van der Waals surface area (Å²) in [6.45, 7) is 1.88. The van der Waals surface area contributed by atoms with E-state index >= 15 is 0 Å². The standard InChI is InChI=1S/C13H10F3N/c1-9-5-6-12(17-8-9)10-3-2-4-11(7-10)13(14,15)16/h2-8H,1H3. The number of aromatic nitrogens is 1. The van der Waals surface area contributed by atoms with Gasteiger partial charge in [-0.3, -0.25) is 4.98 Å². The van der Waals surface area contributed by atoms with Crippen molar-refractivity contribution in [2.24, 2.45) is 0 Å². The molecule has 17 heavy (non-hydrogen) atoms. The molecule has 1 nitrogen and oxygen atoms in total. The minimum atomic E-state index is -4.32. The number of benzene rings is 1. The van der Waals surface area contributed by atoms with Crippen LogP contribution in [0.5, 0.6) is 0 Å². The Morgan fingerprint density at radius 3 is 2.41 bits per heavy atom. The van der Waals surface area contributed by atoms with Crippen molar-refractivity contribution in [2.75, 3.05) is 0 Å². The second kappa shape index (κ2) is 4.20. The minimum Gasteiger partial charge on any atom is -0.256 e. The molecule has 0 spiro atoms. The zero-order valence-corrected chi connectivity index (χ0v) is 9.12. The molecule has 0 N–H and O–H groups in total. The normalized spacial score (nSPS) is 11.5. The van der Waals surface area contributed by atoms with Gasteiger partial charge < -0.3 is 0 Å². The number of aryl methyl sites for hydroxylation is 1. The van der Waals surface area contributed by atoms with Crippen molar-refractivity contribution in [3.8, 4) is 11.3 Å². The highest BCUT2D eigenvalue weighted by Crippen LogP contribution is 2.31. The first-order chi connectivity index (χ1) is 7.97. The summed E-state index contributed by atoms with van der Waals surface area (Å²) >= 11 is 0. The van der Waals surface area contributed by atoms with Crippen LogP contribution in [0.3, 0.4) is 0 Å². The van der Waals surface area contributed by atoms with Crippen LogP contribution in [-0.2, 0) is 6.18 Å². The maximum atomic E-state index is 12.5. The van der Waals surface area contributed by atoms with Crippen molar-refractivity contribution in [1.29, 1.82) is 0 Å². The van der Waals surface area contributed by atoms with Crippen molar-refractivity contribution in [2.45, 2.75) is 13.1 Å². The lowest BCUT2D eigenvalue weighted by Gasteiger charge is -2.08. The van der Waals surface area contributed by atoms with Crippen LogP contribution in [-0.4, -0.2) is 4.98 Å². The first-order valence-electron chi connectivity index (χ1n) is 5.07. The largest absolute Gasteiger partial charge is 0.416 e. The van der Waals surface area contributed by atoms with Gasteiger partial charge in [-0.1, -0.05) is 18.2 Å². The van der Waals surface area contributed by atoms with E-state index in [1.807, 2.05) is 13.0 Å². The molecule has 88 valence electrons. The van der Waals surface area contributed by atoms with Crippen molar-refractivity contribution in [1.82, 2.24) is 4.98 Å². The third-order valence-corrected chi connectivity index (χ3v) is 2.40. The smallest absolute Gasteiger partial charge is 0.256 e. The van der Waals surface area contributed by atoms with Crippen LogP contribution >= 0.6 is 0 Å². The number of nitrogens with zero attached hydrogens (tertiary/aromatic N) is 1. The van der Waals surface area contributed by atoms with Crippen LogP contribution in [0.1, 0.15) is 11.1 Å². The fourth-order valence-corrected chi connectivity index (χ4v) is 1.49. The van der Waals surface area contributed by atoms with Crippen LogP contribution < -0.4 is 0 Å². The molecular weight excluding hydrogens is 227 g/mol. The van der Waals surface area contributed by atoms with E-state index in [1.165, 1.54) is 6.07 Å². The average molecular weight is 237 g/mol. The molecule has 0 amide bonds. The molecule has 0 unspecified atom stereocenters. The van der Waals surface area contributed by atoms with Gasteiger partial charge in [0, 0.05) is 11.8 Å². The summed E-state index contributed by atoms with van der Waals surface area (Å²) in [5.74, 6) is 0. The fraction of sp³-hybridized carbons (Fsp3) is 0.154. The van der Waals surface area contributed by atoms with Gasteiger partial charge in [-0.2, -0.15) is 13.2 Å². The molecule has 4 heteroatoms. The monoisotopic (exact) mass is 237 g/mol. The molecule has 0 aliphatic rings. The summed E-state index contributed by atoms with van der Waals surface area (Å²) in [5, 5.41) is 0. The Hall–Kier alpha value is -1.84. The van der Waals surface area contributed by atoms with Crippen molar-refractivity contribution in [3.05, 3.63) is 53.7 Å². The van der Waals surface area contributed by atoms with Crippen molar-refractivity contribution in [3.63, 3.8) is 0 Å². The molecule has 2 rings (SSSR count). The Morgan fingerprint density at radius 1 is 1.06 bits per heavy atom. The van der Waals surface area contributed by atoms with Gasteiger partial charge in [-0.05, 0) is 30.7 Å². The fourth-order valence-electron chi connectivity index (χ4n) is 1.49. The molecule has 1 aromatic heterocycles. The zero-order valence-electron chi connectivity index (χ0n) is 9.12. The summed E-state index contributed by atoms with van der Waals surface area (Å²) in [4.78, 5) is 4.10. The summed E-state index contributed by atoms with van der Waals surface area (Å²) in [6.07, 6.45) is -2.68. The lowest BCUT2D eigenvalue weighted by molar-refractivity contribution is -0.137. The van der Waals surface area contributed by atoms with Crippen LogP contribution in [0.4, 0.5) is 13.2 Å². The Morgan fingerprint density at radius 2 is 1.82 bits per heavy atom. The molecule has 2 aromatic rings. The molecule has 0 atom stereocenters. The molecule has 0 bridgehead atoms. The highest BCUT2D eigenvalue weighted by atomic mass is 19.4. The van der Waals surface area contributed by atoms with Crippen LogP contribution in [0.15, 0.2) is 42.6 Å². The van der Waals surface area contributed by atoms with E-state index in [0.29, 0.717) is 11.3 Å². The van der Waals surface area contributed by atoms with Gasteiger partial charge in [0.25, 0.3) is 0 Å². The van der Waals surface area contributed by atoms with Gasteiger partial charge in [0.1, 0.15) is 0 Å². The SMILES string of the molecule is Cc1ccc(-c2cccc(C(F)(F)F)c2)nc1. The van der Waals surface area contributed by atoms with E-state index in [2.05, 4.69) is 4.98 Å². The first kappa shape index (κ1) is 11.6. The minimum absolute atomic E-state index is 0.472. The molecule has 0 radical (unpaired) electrons. The predicted octanol–water partition coefficient (Wildman–Crippen LogP) is 4.08. The second-order valence-corrected chi connectivity index (χ2v) is 3.80. The molecule has 0 aliphatic heterocycles. The third kappa shape index (κ3) is 2.64. The number of halogens is 3. The lowest BCUT2D eigenvalue weighted by Crippen LogP contribution is -2.04. The summed E-state index contributed by atoms with van der Waals surface area (Å²) in [7, 11) is 0. The Kier molecular flexibility index (Phi) is 2.88. The van der Waals surface area contributed by atoms with Gasteiger partial charge in [-0.15, -0.1) is 0 Å². The topological polar surface area (TPSA) is 12.9 Å². The van der Waals surface area contributed by atoms with E-state index in [-0.39, 0.29) is 0 Å². The van der Waals surface area contributed by atoms with E-state index in [9.17, 15) is 13.2 Å². The highest BCUT2D eigenvalue weighted by Gasteiger charge is 2.30. The molecule has 0 fully saturated rings. The number of alkyl halides is 3. The van der Waals surface area contributed by atoms with Crippen LogP contribution in [0.2, 0.25) is 0 Å². The molecule has 0 saturated carbocycles. The summed E-state index contributed by atoms with van der Waals surface area (Å²) in [6, 6.07) is 8.70. The predicted molar refractivity (Wildman–Crippen MR) is 59.4 cm³/mol. The van der Waals surface area contributed by atoms with E-state index < -0.39 is 11.7 Å². The molecular formula is C13H10F3N. The Labute approximate surface area is 96.9 Å². The highest BCUT2D eigenvalue weighted by molar-refractivity contribution is 5.60. The number of hydrogen-bond donors (Lipinski definition) is 0. The number of rotatable bonds is 1. The Bertz CT molecular complexity index is 515. The average Bonchev–Trinajstić information content (AvgIpc) is 2.29. The number of hydrogen-bond acceptors (Lipinski definition) is 1. The molecule has 0 saturated heterocycles. The van der Waals surface area contributed by atoms with E-state index in [0.717, 1.165) is 17.7 Å². The third-order valence-electron chi connectivity index (χ3n) is 2.40. The maximum absolute atomic E-state index is 12.5. The van der Waals surface area contributed by atoms with Crippen LogP contribution in [0, 0.1) is 6.92 Å². The quantitative estimate of drug-likeness (QED) is 0.728. The Balaban J connectivity index is 2.43. The van der Waals surface area contributed by atoms with E-state index in [1.54, 1.807) is 18.3 Å². The summed E-state index contributed by atoms with van der Waals surface area (Å²) in [5.41, 5.74) is 1.33. The van der Waals surface area contributed by atoms with Crippen LogP contribution in [0.25, 0.3) is 11.3 Å². The summed E-state index contributed by atoms with van der Waals surface area (Å²) < 4.78 is 37.6. The number of pyridine rings is 1. The van der Waals surface area contributed by atoms with Gasteiger partial charge in [-0.25, -0.2) is 0 Å². The van der Waals surface area contributed by atoms with Gasteiger partial charge in [0.05, 0.1) is 11.3 Å². The van der Waals surface area contributed by atoms with Crippen molar-refractivity contribution >= 4 is 0 Å². The van der Waals surface area contributed by atoms with Gasteiger partial charge >= 0.3 is 6.18 Å². The van der Waals surface area contributed by atoms with Crippen molar-refractivity contribution < 1.29 is 13.2 Å². The van der Waals surface area contributed by atoms with Gasteiger partial charge in [0.2, 0.25) is 0 Å². The van der Waals surface area contributed by atoms with E-state index in [4.69, 9.17) is 0 Å². The maximum Gasteiger partial charge on any atom is 0.416 e. The van der Waals surface area contributed by atoms with Gasteiger partial charge in [0.15, 0.2) is 0 Å². The lowest BCUT2D eigenvalue weighted by atomic mass is 10.1. The second-order valence-electron chi connectivity index (χ2n) is 3.80. The molecule has 0 aliphatic carbocycles. The zero-order chi connectivity index (χ0) is 12.5. The molecule has 1 aromatic carbocycles.